The molecule has 4 rings (SSSR count). The number of aliphatic hydroxyl groups is 1. The Labute approximate surface area is 293 Å². The third kappa shape index (κ3) is 12.4. The number of carboxylic acid groups (broad SMARTS) is 1. The van der Waals surface area contributed by atoms with E-state index in [2.05, 4.69) is 48.3 Å². The van der Waals surface area contributed by atoms with Crippen LogP contribution >= 0.6 is 11.3 Å². The Morgan fingerprint density at radius 3 is 2.06 bits per heavy atom. The lowest BCUT2D eigenvalue weighted by molar-refractivity contribution is -0.138. The minimum absolute atomic E-state index is 0.110. The highest BCUT2D eigenvalue weighted by molar-refractivity contribution is 7.14. The lowest BCUT2D eigenvalue weighted by Crippen LogP contribution is -2.49. The first-order valence-corrected chi connectivity index (χ1v) is 17.3. The summed E-state index contributed by atoms with van der Waals surface area (Å²) < 4.78 is 5.88. The van der Waals surface area contributed by atoms with Gasteiger partial charge in [0.15, 0.2) is 5.82 Å². The topological polar surface area (TPSA) is 151 Å². The summed E-state index contributed by atoms with van der Waals surface area (Å²) in [7, 11) is 1.00. The van der Waals surface area contributed by atoms with Crippen molar-refractivity contribution < 1.29 is 29.3 Å². The first-order valence-electron chi connectivity index (χ1n) is 16.5. The van der Waals surface area contributed by atoms with Gasteiger partial charge in [-0.15, -0.1) is 11.3 Å². The molecule has 4 aromatic rings. The maximum absolute atomic E-state index is 13.1. The molecule has 0 spiro atoms. The number of hydrogen-bond acceptors (Lipinski definition) is 8. The van der Waals surface area contributed by atoms with Gasteiger partial charge in [0.1, 0.15) is 18.3 Å². The molecule has 1 atom stereocenters. The largest absolute Gasteiger partial charge is 0.494 e. The van der Waals surface area contributed by atoms with Crippen LogP contribution < -0.4 is 15.4 Å². The number of carbonyl (C=O) groups excluding carboxylic acids is 2. The third-order valence-electron chi connectivity index (χ3n) is 7.61. The van der Waals surface area contributed by atoms with Crippen LogP contribution in [0.25, 0.3) is 22.5 Å². The SMILES string of the molecule is CCCCCCCOc1ccc(-c2cnc(-c3ccc(CC(NC(=O)c4ccc(C(C)(C)C)s4)C(=O)NCC(=O)O)cc3)nc2)cc1.CO. The molecular formula is C38H48N4O6S. The summed E-state index contributed by atoms with van der Waals surface area (Å²) in [5.74, 6) is -0.713. The van der Waals surface area contributed by atoms with E-state index in [0.29, 0.717) is 10.7 Å². The van der Waals surface area contributed by atoms with Crippen molar-refractivity contribution in [1.29, 1.82) is 0 Å². The highest BCUT2D eigenvalue weighted by atomic mass is 32.1. The van der Waals surface area contributed by atoms with Gasteiger partial charge in [0, 0.05) is 41.9 Å². The van der Waals surface area contributed by atoms with E-state index in [1.165, 1.54) is 37.0 Å². The number of carboxylic acids is 1. The minimum Gasteiger partial charge on any atom is -0.494 e. The molecule has 2 heterocycles. The van der Waals surface area contributed by atoms with Crippen molar-refractivity contribution in [2.45, 2.75) is 77.7 Å². The zero-order valence-corrected chi connectivity index (χ0v) is 29.8. The van der Waals surface area contributed by atoms with Crippen LogP contribution in [0.4, 0.5) is 0 Å². The summed E-state index contributed by atoms with van der Waals surface area (Å²) in [6.45, 7) is 8.59. The summed E-state index contributed by atoms with van der Waals surface area (Å²) in [6.07, 6.45) is 9.76. The fourth-order valence-electron chi connectivity index (χ4n) is 4.88. The van der Waals surface area contributed by atoms with E-state index in [0.717, 1.165) is 53.0 Å². The maximum atomic E-state index is 13.1. The molecule has 0 aliphatic carbocycles. The Kier molecular flexibility index (Phi) is 15.4. The molecular weight excluding hydrogens is 641 g/mol. The smallest absolute Gasteiger partial charge is 0.322 e. The molecule has 2 amide bonds. The van der Waals surface area contributed by atoms with Crippen molar-refractivity contribution in [3.63, 3.8) is 0 Å². The van der Waals surface area contributed by atoms with Gasteiger partial charge >= 0.3 is 5.97 Å². The van der Waals surface area contributed by atoms with Crippen LogP contribution in [0.5, 0.6) is 5.75 Å². The van der Waals surface area contributed by atoms with Crippen LogP contribution in [-0.2, 0) is 21.4 Å². The first kappa shape index (κ1) is 38.8. The van der Waals surface area contributed by atoms with Crippen molar-refractivity contribution in [2.75, 3.05) is 20.3 Å². The number of aromatic nitrogens is 2. The zero-order valence-electron chi connectivity index (χ0n) is 29.0. The van der Waals surface area contributed by atoms with E-state index < -0.39 is 24.5 Å². The van der Waals surface area contributed by atoms with Crippen LogP contribution in [-0.4, -0.2) is 64.3 Å². The van der Waals surface area contributed by atoms with Crippen LogP contribution in [0.15, 0.2) is 73.1 Å². The summed E-state index contributed by atoms with van der Waals surface area (Å²) >= 11 is 1.37. The van der Waals surface area contributed by atoms with Crippen molar-refractivity contribution in [2.24, 2.45) is 0 Å². The fraction of sp³-hybridized carbons (Fsp3) is 0.395. The van der Waals surface area contributed by atoms with Crippen molar-refractivity contribution in [3.8, 4) is 28.3 Å². The number of benzene rings is 2. The Hall–Kier alpha value is -4.61. The Morgan fingerprint density at radius 2 is 1.47 bits per heavy atom. The normalized spacial score (nSPS) is 11.6. The molecule has 0 fully saturated rings. The molecule has 49 heavy (non-hydrogen) atoms. The number of unbranched alkanes of at least 4 members (excludes halogenated alkanes) is 4. The van der Waals surface area contributed by atoms with E-state index >= 15 is 0 Å². The summed E-state index contributed by atoms with van der Waals surface area (Å²) in [5.41, 5.74) is 3.36. The molecule has 1 unspecified atom stereocenters. The van der Waals surface area contributed by atoms with Gasteiger partial charge in [-0.2, -0.15) is 0 Å². The molecule has 0 aliphatic heterocycles. The second-order valence-corrected chi connectivity index (χ2v) is 13.6. The Bertz CT molecular complexity index is 1610. The van der Waals surface area contributed by atoms with Gasteiger partial charge in [0.05, 0.1) is 11.5 Å². The first-order chi connectivity index (χ1) is 23.5. The van der Waals surface area contributed by atoms with E-state index in [9.17, 15) is 14.4 Å². The number of rotatable bonds is 16. The molecule has 0 radical (unpaired) electrons. The quantitative estimate of drug-likeness (QED) is 0.0954. The fourth-order valence-corrected chi connectivity index (χ4v) is 5.85. The number of thiophene rings is 1. The lowest BCUT2D eigenvalue weighted by Gasteiger charge is -2.18. The Balaban J connectivity index is 0.00000319. The van der Waals surface area contributed by atoms with Crippen LogP contribution in [0.1, 0.15) is 79.9 Å². The summed E-state index contributed by atoms with van der Waals surface area (Å²) in [5, 5.41) is 21.2. The van der Waals surface area contributed by atoms with Crippen molar-refractivity contribution >= 4 is 29.1 Å². The molecule has 2 aromatic heterocycles. The van der Waals surface area contributed by atoms with Gasteiger partial charge in [0.2, 0.25) is 5.91 Å². The van der Waals surface area contributed by atoms with E-state index in [4.69, 9.17) is 14.9 Å². The van der Waals surface area contributed by atoms with Crippen molar-refractivity contribution in [3.05, 3.63) is 88.4 Å². The van der Waals surface area contributed by atoms with E-state index in [1.54, 1.807) is 18.5 Å². The van der Waals surface area contributed by atoms with Crippen LogP contribution in [0.2, 0.25) is 0 Å². The predicted octanol–water partition coefficient (Wildman–Crippen LogP) is 6.67. The van der Waals surface area contributed by atoms with Gasteiger partial charge in [-0.3, -0.25) is 14.4 Å². The standard InChI is InChI=1S/C37H44N4O5S.CH4O/c1-5-6-7-8-9-20-46-29-16-14-26(15-17-29)28-22-38-34(39-23-28)27-12-10-25(11-13-27)21-30(35(44)40-24-33(42)43)41-36(45)31-18-19-32(47-31)37(2,3)4;1-2/h10-19,22-23,30H,5-9,20-21,24H2,1-4H3,(H,40,44)(H,41,45)(H,42,43);2H,1H3. The second kappa shape index (κ2) is 19.4. The highest BCUT2D eigenvalue weighted by Gasteiger charge is 2.25. The average molecular weight is 689 g/mol. The number of nitrogens with one attached hydrogen (secondary N) is 2. The maximum Gasteiger partial charge on any atom is 0.322 e. The minimum atomic E-state index is -1.17. The third-order valence-corrected chi connectivity index (χ3v) is 9.12. The number of aliphatic carboxylic acids is 1. The van der Waals surface area contributed by atoms with E-state index in [-0.39, 0.29) is 17.7 Å². The number of hydrogen-bond donors (Lipinski definition) is 4. The summed E-state index contributed by atoms with van der Waals surface area (Å²) in [6, 6.07) is 18.1. The molecule has 4 N–H and O–H groups in total. The molecule has 262 valence electrons. The molecule has 11 heteroatoms. The van der Waals surface area contributed by atoms with Gasteiger partial charge in [0.25, 0.3) is 5.91 Å². The van der Waals surface area contributed by atoms with Gasteiger partial charge in [-0.25, -0.2) is 9.97 Å². The molecule has 0 saturated heterocycles. The van der Waals surface area contributed by atoms with Gasteiger partial charge in [-0.05, 0) is 47.2 Å². The molecule has 2 aromatic carbocycles. The second-order valence-electron chi connectivity index (χ2n) is 12.5. The molecule has 0 bridgehead atoms. The van der Waals surface area contributed by atoms with E-state index in [1.807, 2.05) is 54.6 Å². The Morgan fingerprint density at radius 1 is 0.837 bits per heavy atom. The number of nitrogens with zero attached hydrogens (tertiary/aromatic N) is 2. The molecule has 10 nitrogen and oxygen atoms in total. The molecule has 0 aliphatic rings. The monoisotopic (exact) mass is 688 g/mol. The highest BCUT2D eigenvalue weighted by Crippen LogP contribution is 2.29. The number of amides is 2. The number of ether oxygens (including phenoxy) is 1. The van der Waals surface area contributed by atoms with Gasteiger partial charge in [-0.1, -0.05) is 89.8 Å². The lowest BCUT2D eigenvalue weighted by atomic mass is 9.95. The summed E-state index contributed by atoms with van der Waals surface area (Å²) in [4.78, 5) is 47.7. The average Bonchev–Trinajstić information content (AvgIpc) is 3.62. The van der Waals surface area contributed by atoms with Crippen molar-refractivity contribution in [1.82, 2.24) is 20.6 Å². The molecule has 0 saturated carbocycles. The van der Waals surface area contributed by atoms with Gasteiger partial charge < -0.3 is 25.6 Å². The van der Waals surface area contributed by atoms with Crippen LogP contribution in [0, 0.1) is 0 Å². The number of carbonyl (C=O) groups is 3. The number of aliphatic hydroxyl groups excluding tert-OH is 1. The zero-order chi connectivity index (χ0) is 35.8. The van der Waals surface area contributed by atoms with Crippen LogP contribution in [0.3, 0.4) is 0 Å². The predicted molar refractivity (Wildman–Crippen MR) is 194 cm³/mol.